The van der Waals surface area contributed by atoms with Crippen LogP contribution in [0.15, 0.2) is 64.3 Å². The van der Waals surface area contributed by atoms with E-state index in [0.29, 0.717) is 12.2 Å². The maximum Gasteiger partial charge on any atom is 0.328 e. The van der Waals surface area contributed by atoms with Gasteiger partial charge in [-0.3, -0.25) is 14.2 Å². The Balaban J connectivity index is 2.04. The van der Waals surface area contributed by atoms with E-state index in [1.807, 2.05) is 25.1 Å². The molecule has 0 radical (unpaired) electrons. The van der Waals surface area contributed by atoms with Gasteiger partial charge in [0.25, 0.3) is 11.5 Å². The van der Waals surface area contributed by atoms with Gasteiger partial charge in [-0.1, -0.05) is 36.4 Å². The van der Waals surface area contributed by atoms with Crippen LogP contribution in [0.1, 0.15) is 28.4 Å². The van der Waals surface area contributed by atoms with Crippen LogP contribution in [0.4, 0.5) is 10.1 Å². The molecule has 3 rings (SSSR count). The third-order valence-corrected chi connectivity index (χ3v) is 4.55. The van der Waals surface area contributed by atoms with Crippen molar-refractivity contribution < 1.29 is 9.18 Å². The Hall–Kier alpha value is -3.48. The summed E-state index contributed by atoms with van der Waals surface area (Å²) < 4.78 is 14.8. The molecule has 0 saturated carbocycles. The molecule has 0 aliphatic rings. The quantitative estimate of drug-likeness (QED) is 0.738. The number of H-pyrrole nitrogens is 1. The van der Waals surface area contributed by atoms with Crippen molar-refractivity contribution in [1.82, 2.24) is 9.55 Å². The lowest BCUT2D eigenvalue weighted by atomic mass is 10.1. The first-order valence-electron chi connectivity index (χ1n) is 8.87. The van der Waals surface area contributed by atoms with Crippen molar-refractivity contribution in [3.05, 3.63) is 98.1 Å². The molecule has 144 valence electrons. The van der Waals surface area contributed by atoms with Crippen LogP contribution in [-0.4, -0.2) is 22.0 Å². The highest BCUT2D eigenvalue weighted by Crippen LogP contribution is 2.20. The van der Waals surface area contributed by atoms with Gasteiger partial charge in [0.05, 0.1) is 6.54 Å². The molecule has 28 heavy (non-hydrogen) atoms. The summed E-state index contributed by atoms with van der Waals surface area (Å²) in [5.74, 6) is -1.05. The first-order chi connectivity index (χ1) is 13.4. The van der Waals surface area contributed by atoms with Gasteiger partial charge < -0.3 is 9.88 Å². The Labute approximate surface area is 160 Å². The largest absolute Gasteiger partial charge is 0.328 e. The van der Waals surface area contributed by atoms with Crippen LogP contribution in [0.5, 0.6) is 0 Å². The minimum Gasteiger partial charge on any atom is -0.313 e. The predicted molar refractivity (Wildman–Crippen MR) is 105 cm³/mol. The molecular formula is C21H20FN3O3. The normalized spacial score (nSPS) is 10.7. The number of rotatable bonds is 5. The number of aryl methyl sites for hydroxylation is 1. The van der Waals surface area contributed by atoms with Gasteiger partial charge in [-0.25, -0.2) is 9.18 Å². The predicted octanol–water partition coefficient (Wildman–Crippen LogP) is 2.70. The molecule has 0 saturated heterocycles. The summed E-state index contributed by atoms with van der Waals surface area (Å²) in [5.41, 5.74) is 0.106. The molecule has 3 aromatic rings. The lowest BCUT2D eigenvalue weighted by Gasteiger charge is -2.22. The summed E-state index contributed by atoms with van der Waals surface area (Å²) in [6.45, 7) is 3.75. The molecule has 0 fully saturated rings. The van der Waals surface area contributed by atoms with Crippen molar-refractivity contribution in [3.63, 3.8) is 0 Å². The molecule has 0 aliphatic heterocycles. The lowest BCUT2D eigenvalue weighted by molar-refractivity contribution is 0.0985. The van der Waals surface area contributed by atoms with E-state index in [1.54, 1.807) is 19.1 Å². The van der Waals surface area contributed by atoms with E-state index in [9.17, 15) is 18.8 Å². The van der Waals surface area contributed by atoms with Gasteiger partial charge in [-0.05, 0) is 31.5 Å². The Morgan fingerprint density at radius 3 is 2.46 bits per heavy atom. The van der Waals surface area contributed by atoms with Crippen molar-refractivity contribution in [2.75, 3.05) is 11.4 Å². The van der Waals surface area contributed by atoms with Crippen LogP contribution in [-0.2, 0) is 6.54 Å². The first kappa shape index (κ1) is 19.3. The molecule has 0 aliphatic carbocycles. The fourth-order valence-electron chi connectivity index (χ4n) is 3.04. The monoisotopic (exact) mass is 381 g/mol. The molecule has 7 heteroatoms. The number of amides is 1. The number of benzene rings is 2. The summed E-state index contributed by atoms with van der Waals surface area (Å²) in [5, 5.41) is 0. The maximum atomic E-state index is 13.9. The number of anilines is 1. The van der Waals surface area contributed by atoms with E-state index >= 15 is 0 Å². The summed E-state index contributed by atoms with van der Waals surface area (Å²) >= 11 is 0. The number of halogens is 1. The smallest absolute Gasteiger partial charge is 0.313 e. The second kappa shape index (κ2) is 8.04. The van der Waals surface area contributed by atoms with Gasteiger partial charge in [0, 0.05) is 24.0 Å². The van der Waals surface area contributed by atoms with Gasteiger partial charge in [0.15, 0.2) is 0 Å². The number of nitrogens with one attached hydrogen (secondary N) is 1. The van der Waals surface area contributed by atoms with Crippen LogP contribution >= 0.6 is 0 Å². The zero-order valence-corrected chi connectivity index (χ0v) is 15.6. The van der Waals surface area contributed by atoms with Crippen molar-refractivity contribution in [2.45, 2.75) is 20.4 Å². The highest BCUT2D eigenvalue weighted by atomic mass is 19.1. The number of aromatic nitrogens is 2. The molecule has 0 spiro atoms. The molecule has 0 atom stereocenters. The first-order valence-corrected chi connectivity index (χ1v) is 8.87. The van der Waals surface area contributed by atoms with Crippen molar-refractivity contribution >= 4 is 11.6 Å². The fourth-order valence-corrected chi connectivity index (χ4v) is 3.04. The van der Waals surface area contributed by atoms with E-state index in [4.69, 9.17) is 0 Å². The average Bonchev–Trinajstić information content (AvgIpc) is 2.68. The zero-order chi connectivity index (χ0) is 20.3. The van der Waals surface area contributed by atoms with E-state index in [1.165, 1.54) is 23.1 Å². The SMILES string of the molecule is CCN(C(=O)c1c[nH]c(=O)n(Cc2ccccc2F)c1=O)c1ccccc1C. The lowest BCUT2D eigenvalue weighted by Crippen LogP contribution is -2.42. The molecular weight excluding hydrogens is 361 g/mol. The molecule has 2 aromatic carbocycles. The van der Waals surface area contributed by atoms with E-state index in [-0.39, 0.29) is 17.7 Å². The fraction of sp³-hybridized carbons (Fsp3) is 0.190. The minimum atomic E-state index is -0.760. The zero-order valence-electron chi connectivity index (χ0n) is 15.6. The molecule has 1 N–H and O–H groups in total. The van der Waals surface area contributed by atoms with Gasteiger partial charge in [-0.15, -0.1) is 0 Å². The second-order valence-electron chi connectivity index (χ2n) is 6.33. The topological polar surface area (TPSA) is 75.2 Å². The van der Waals surface area contributed by atoms with Gasteiger partial charge in [-0.2, -0.15) is 0 Å². The number of nitrogens with zero attached hydrogens (tertiary/aromatic N) is 2. The maximum absolute atomic E-state index is 13.9. The van der Waals surface area contributed by atoms with Gasteiger partial charge in [0.2, 0.25) is 0 Å². The van der Waals surface area contributed by atoms with Crippen LogP contribution in [0.2, 0.25) is 0 Å². The highest BCUT2D eigenvalue weighted by molar-refractivity contribution is 6.06. The summed E-state index contributed by atoms with van der Waals surface area (Å²) in [6.07, 6.45) is 1.12. The summed E-state index contributed by atoms with van der Waals surface area (Å²) in [6, 6.07) is 13.2. The molecule has 0 unspecified atom stereocenters. The van der Waals surface area contributed by atoms with Crippen molar-refractivity contribution in [1.29, 1.82) is 0 Å². The number of aromatic amines is 1. The third kappa shape index (κ3) is 3.64. The van der Waals surface area contributed by atoms with E-state index < -0.39 is 23.0 Å². The summed E-state index contributed by atoms with van der Waals surface area (Å²) in [7, 11) is 0. The second-order valence-corrected chi connectivity index (χ2v) is 6.33. The van der Waals surface area contributed by atoms with Crippen molar-refractivity contribution in [2.24, 2.45) is 0 Å². The van der Waals surface area contributed by atoms with Crippen molar-refractivity contribution in [3.8, 4) is 0 Å². The van der Waals surface area contributed by atoms with Gasteiger partial charge >= 0.3 is 5.69 Å². The summed E-state index contributed by atoms with van der Waals surface area (Å²) in [4.78, 5) is 41.9. The Bertz CT molecular complexity index is 1130. The van der Waals surface area contributed by atoms with Crippen LogP contribution in [0.3, 0.4) is 0 Å². The van der Waals surface area contributed by atoms with Crippen LogP contribution < -0.4 is 16.1 Å². The molecule has 6 nitrogen and oxygen atoms in total. The molecule has 1 amide bonds. The standard InChI is InChI=1S/C21H20FN3O3/c1-3-24(18-11-7-4-8-14(18)2)19(26)16-12-23-21(28)25(20(16)27)13-15-9-5-6-10-17(15)22/h4-12H,3,13H2,1-2H3,(H,23,28). The highest BCUT2D eigenvalue weighted by Gasteiger charge is 2.22. The molecule has 1 aromatic heterocycles. The minimum absolute atomic E-state index is 0.180. The Morgan fingerprint density at radius 2 is 1.79 bits per heavy atom. The Kier molecular flexibility index (Phi) is 5.54. The number of carbonyl (C=O) groups excluding carboxylic acids is 1. The number of carbonyl (C=O) groups is 1. The van der Waals surface area contributed by atoms with Crippen LogP contribution in [0.25, 0.3) is 0 Å². The average molecular weight is 381 g/mol. The van der Waals surface area contributed by atoms with Gasteiger partial charge in [0.1, 0.15) is 11.4 Å². The van der Waals surface area contributed by atoms with E-state index in [2.05, 4.69) is 4.98 Å². The third-order valence-electron chi connectivity index (χ3n) is 4.55. The Morgan fingerprint density at radius 1 is 1.11 bits per heavy atom. The number of para-hydroxylation sites is 1. The van der Waals surface area contributed by atoms with E-state index in [0.717, 1.165) is 16.3 Å². The number of hydrogen-bond acceptors (Lipinski definition) is 3. The molecule has 1 heterocycles. The number of hydrogen-bond donors (Lipinski definition) is 1. The van der Waals surface area contributed by atoms with Crippen LogP contribution in [0, 0.1) is 12.7 Å². The molecule has 0 bridgehead atoms.